The fourth-order valence-corrected chi connectivity index (χ4v) is 3.02. The van der Waals surface area contributed by atoms with Gasteiger partial charge >= 0.3 is 5.97 Å². The third kappa shape index (κ3) is 3.06. The highest BCUT2D eigenvalue weighted by atomic mass is 79.9. The molecular weight excluding hydrogens is 358 g/mol. The predicted molar refractivity (Wildman–Crippen MR) is 79.8 cm³/mol. The number of ether oxygens (including phenoxy) is 1. The minimum absolute atomic E-state index is 0.0520. The molecule has 3 rings (SSSR count). The fourth-order valence-electron chi connectivity index (χ4n) is 1.72. The Labute approximate surface area is 132 Å². The molecule has 3 heterocycles. The van der Waals surface area contributed by atoms with Crippen LogP contribution in [0.15, 0.2) is 38.7 Å². The quantitative estimate of drug-likeness (QED) is 0.661. The zero-order valence-electron chi connectivity index (χ0n) is 10.9. The average Bonchev–Trinajstić information content (AvgIpc) is 3.16. The van der Waals surface area contributed by atoms with E-state index in [9.17, 15) is 4.79 Å². The van der Waals surface area contributed by atoms with Crippen LogP contribution in [0.4, 0.5) is 0 Å². The molecule has 6 nitrogen and oxygen atoms in total. The molecule has 0 atom stereocenters. The largest absolute Gasteiger partial charge is 0.451 e. The Morgan fingerprint density at radius 2 is 2.29 bits per heavy atom. The lowest BCUT2D eigenvalue weighted by Crippen LogP contribution is -2.09. The molecule has 3 aromatic heterocycles. The van der Waals surface area contributed by atoms with Crippen molar-refractivity contribution in [2.75, 3.05) is 0 Å². The van der Waals surface area contributed by atoms with Gasteiger partial charge in [-0.05, 0) is 40.2 Å². The maximum Gasteiger partial charge on any atom is 0.355 e. The molecule has 0 fully saturated rings. The van der Waals surface area contributed by atoms with Crippen molar-refractivity contribution < 1.29 is 13.9 Å². The summed E-state index contributed by atoms with van der Waals surface area (Å²) in [5.41, 5.74) is 0.469. The smallest absolute Gasteiger partial charge is 0.355 e. The van der Waals surface area contributed by atoms with Crippen molar-refractivity contribution in [3.05, 3.63) is 45.8 Å². The number of rotatable bonds is 4. The lowest BCUT2D eigenvalue weighted by molar-refractivity contribution is 0.0427. The minimum atomic E-state index is -0.430. The second-order valence-electron chi connectivity index (χ2n) is 4.19. The van der Waals surface area contributed by atoms with E-state index >= 15 is 0 Å². The van der Waals surface area contributed by atoms with Crippen molar-refractivity contribution in [1.29, 1.82) is 0 Å². The zero-order chi connectivity index (χ0) is 14.8. The van der Waals surface area contributed by atoms with E-state index in [1.54, 1.807) is 29.9 Å². The number of aromatic nitrogens is 3. The van der Waals surface area contributed by atoms with Crippen LogP contribution in [0.5, 0.6) is 0 Å². The molecule has 0 aliphatic heterocycles. The van der Waals surface area contributed by atoms with Crippen LogP contribution in [0.1, 0.15) is 16.4 Å². The summed E-state index contributed by atoms with van der Waals surface area (Å²) in [4.78, 5) is 12.7. The van der Waals surface area contributed by atoms with E-state index in [0.717, 1.165) is 8.66 Å². The summed E-state index contributed by atoms with van der Waals surface area (Å²) >= 11 is 4.86. The Balaban J connectivity index is 1.65. The Kier molecular flexibility index (Phi) is 3.89. The fraction of sp³-hybridized carbons (Fsp3) is 0.154. The van der Waals surface area contributed by atoms with Gasteiger partial charge < -0.3 is 13.7 Å². The topological polar surface area (TPSA) is 70.2 Å². The van der Waals surface area contributed by atoms with Crippen molar-refractivity contribution in [1.82, 2.24) is 14.8 Å². The van der Waals surface area contributed by atoms with Crippen LogP contribution in [0.3, 0.4) is 0 Å². The molecule has 0 unspecified atom stereocenters. The number of hydrogen-bond donors (Lipinski definition) is 0. The first-order chi connectivity index (χ1) is 10.1. The number of hydrogen-bond acceptors (Lipinski definition) is 6. The minimum Gasteiger partial charge on any atom is -0.451 e. The maximum absolute atomic E-state index is 11.8. The molecule has 3 aromatic rings. The number of aryl methyl sites for hydroxylation is 1. The molecule has 0 bridgehead atoms. The van der Waals surface area contributed by atoms with E-state index in [0.29, 0.717) is 11.6 Å². The number of esters is 1. The summed E-state index contributed by atoms with van der Waals surface area (Å²) in [6, 6.07) is 7.24. The molecule has 0 saturated carbocycles. The summed E-state index contributed by atoms with van der Waals surface area (Å²) in [5.74, 6) is 0.244. The second-order valence-corrected chi connectivity index (χ2v) is 6.65. The molecule has 0 saturated heterocycles. The molecule has 8 heteroatoms. The third-order valence-electron chi connectivity index (χ3n) is 2.73. The molecule has 0 amide bonds. The van der Waals surface area contributed by atoms with Crippen LogP contribution in [0, 0.1) is 0 Å². The predicted octanol–water partition coefficient (Wildman–Crippen LogP) is 3.26. The van der Waals surface area contributed by atoms with Crippen LogP contribution < -0.4 is 0 Å². The molecule has 0 radical (unpaired) electrons. The first-order valence-electron chi connectivity index (χ1n) is 6.00. The van der Waals surface area contributed by atoms with E-state index in [-0.39, 0.29) is 12.5 Å². The van der Waals surface area contributed by atoms with Gasteiger partial charge in [-0.1, -0.05) is 0 Å². The van der Waals surface area contributed by atoms with Crippen LogP contribution in [-0.4, -0.2) is 20.7 Å². The van der Waals surface area contributed by atoms with Gasteiger partial charge in [-0.25, -0.2) is 4.79 Å². The van der Waals surface area contributed by atoms with Crippen molar-refractivity contribution in [2.45, 2.75) is 6.61 Å². The van der Waals surface area contributed by atoms with Gasteiger partial charge in [0.15, 0.2) is 6.61 Å². The van der Waals surface area contributed by atoms with E-state index in [2.05, 4.69) is 26.1 Å². The Hall–Kier alpha value is -1.93. The molecular formula is C13H10BrN3O3S. The molecule has 0 aliphatic carbocycles. The van der Waals surface area contributed by atoms with Crippen molar-refractivity contribution >= 4 is 33.2 Å². The molecule has 0 N–H and O–H groups in total. The summed E-state index contributed by atoms with van der Waals surface area (Å²) in [6.07, 6.45) is 1.77. The highest BCUT2D eigenvalue weighted by Crippen LogP contribution is 2.30. The Bertz CT molecular complexity index is 777. The number of halogens is 1. The first-order valence-corrected chi connectivity index (χ1v) is 7.61. The summed E-state index contributed by atoms with van der Waals surface area (Å²) in [5, 5.41) is 7.80. The van der Waals surface area contributed by atoms with Gasteiger partial charge in [0.25, 0.3) is 11.8 Å². The monoisotopic (exact) mass is 367 g/mol. The first kappa shape index (κ1) is 14.0. The summed E-state index contributed by atoms with van der Waals surface area (Å²) in [6.45, 7) is -0.0520. The van der Waals surface area contributed by atoms with Crippen molar-refractivity contribution in [3.63, 3.8) is 0 Å². The number of carbonyl (C=O) groups excluding carboxylic acids is 1. The van der Waals surface area contributed by atoms with Crippen LogP contribution in [0.25, 0.3) is 10.8 Å². The Morgan fingerprint density at radius 3 is 2.95 bits per heavy atom. The molecule has 0 aromatic carbocycles. The lowest BCUT2D eigenvalue weighted by atomic mass is 10.4. The second kappa shape index (κ2) is 5.82. The van der Waals surface area contributed by atoms with Gasteiger partial charge in [-0.3, -0.25) is 0 Å². The van der Waals surface area contributed by atoms with Gasteiger partial charge in [0.2, 0.25) is 0 Å². The molecule has 21 heavy (non-hydrogen) atoms. The third-order valence-corrected chi connectivity index (χ3v) is 4.34. The average molecular weight is 368 g/mol. The highest BCUT2D eigenvalue weighted by molar-refractivity contribution is 9.11. The van der Waals surface area contributed by atoms with Crippen molar-refractivity contribution in [3.8, 4) is 10.8 Å². The number of nitrogens with zero attached hydrogens (tertiary/aromatic N) is 3. The van der Waals surface area contributed by atoms with Crippen LogP contribution in [-0.2, 0) is 18.4 Å². The number of carbonyl (C=O) groups is 1. The standard InChI is InChI=1S/C13H10BrN3O3S/c1-17-6-2-3-8(17)13(18)19-7-11-15-16-12(20-11)9-4-5-10(14)21-9/h2-6H,7H2,1H3. The highest BCUT2D eigenvalue weighted by Gasteiger charge is 2.14. The SMILES string of the molecule is Cn1cccc1C(=O)OCc1nnc(-c2ccc(Br)s2)o1. The van der Waals surface area contributed by atoms with Crippen LogP contribution >= 0.6 is 27.3 Å². The van der Waals surface area contributed by atoms with Gasteiger partial charge in [0.05, 0.1) is 8.66 Å². The Morgan fingerprint density at radius 1 is 1.43 bits per heavy atom. The van der Waals surface area contributed by atoms with Gasteiger partial charge in [-0.2, -0.15) is 0 Å². The maximum atomic E-state index is 11.8. The summed E-state index contributed by atoms with van der Waals surface area (Å²) < 4.78 is 13.3. The van der Waals surface area contributed by atoms with E-state index < -0.39 is 5.97 Å². The molecule has 108 valence electrons. The van der Waals surface area contributed by atoms with Gasteiger partial charge in [0.1, 0.15) is 5.69 Å². The zero-order valence-corrected chi connectivity index (χ0v) is 13.3. The van der Waals surface area contributed by atoms with Gasteiger partial charge in [0, 0.05) is 13.2 Å². The van der Waals surface area contributed by atoms with Crippen LogP contribution in [0.2, 0.25) is 0 Å². The van der Waals surface area contributed by atoms with E-state index in [1.165, 1.54) is 11.3 Å². The summed E-state index contributed by atoms with van der Waals surface area (Å²) in [7, 11) is 1.77. The molecule has 0 spiro atoms. The van der Waals surface area contributed by atoms with E-state index in [4.69, 9.17) is 9.15 Å². The number of thiophene rings is 1. The van der Waals surface area contributed by atoms with Crippen molar-refractivity contribution in [2.24, 2.45) is 7.05 Å². The van der Waals surface area contributed by atoms with Gasteiger partial charge in [-0.15, -0.1) is 21.5 Å². The normalized spacial score (nSPS) is 10.8. The molecule has 0 aliphatic rings. The van der Waals surface area contributed by atoms with E-state index in [1.807, 2.05) is 12.1 Å². The lowest BCUT2D eigenvalue weighted by Gasteiger charge is -2.02.